The third-order valence-electron chi connectivity index (χ3n) is 2.73. The monoisotopic (exact) mass is 285 g/mol. The summed E-state index contributed by atoms with van der Waals surface area (Å²) in [6.45, 7) is 4.06. The lowest BCUT2D eigenvalue weighted by molar-refractivity contribution is -0.144. The Bertz CT molecular complexity index is 426. The van der Waals surface area contributed by atoms with Gasteiger partial charge in [-0.15, -0.1) is 0 Å². The molecule has 1 aromatic carbocycles. The number of benzene rings is 1. The van der Waals surface area contributed by atoms with Crippen LogP contribution in [0.1, 0.15) is 24.5 Å². The molecule has 0 fully saturated rings. The molecule has 0 amide bonds. The molecule has 19 heavy (non-hydrogen) atoms. The van der Waals surface area contributed by atoms with E-state index in [9.17, 15) is 9.18 Å². The number of halogens is 1. The van der Waals surface area contributed by atoms with Crippen LogP contribution in [0.4, 0.5) is 4.39 Å². The van der Waals surface area contributed by atoms with E-state index in [-0.39, 0.29) is 11.8 Å². The summed E-state index contributed by atoms with van der Waals surface area (Å²) >= 11 is 1.64. The van der Waals surface area contributed by atoms with Crippen LogP contribution >= 0.6 is 11.8 Å². The summed E-state index contributed by atoms with van der Waals surface area (Å²) < 4.78 is 17.9. The summed E-state index contributed by atoms with van der Waals surface area (Å²) in [5, 5.41) is 0. The van der Waals surface area contributed by atoms with Gasteiger partial charge in [-0.3, -0.25) is 4.79 Å². The lowest BCUT2D eigenvalue weighted by atomic mass is 10.1. The summed E-state index contributed by atoms with van der Waals surface area (Å²) in [4.78, 5) is 11.3. The SMILES string of the molecule is CCOC(=O)C(N)CCSCc1cc(F)ccc1C. The Morgan fingerprint density at radius 2 is 2.26 bits per heavy atom. The number of hydrogen-bond acceptors (Lipinski definition) is 4. The Morgan fingerprint density at radius 3 is 2.95 bits per heavy atom. The average molecular weight is 285 g/mol. The molecule has 1 aromatic rings. The molecule has 106 valence electrons. The standard InChI is InChI=1S/C14H20FNO2S/c1-3-18-14(17)13(16)6-7-19-9-11-8-12(15)5-4-10(11)2/h4-5,8,13H,3,6-7,9,16H2,1-2H3. The molecule has 0 aliphatic carbocycles. The van der Waals surface area contributed by atoms with Crippen molar-refractivity contribution in [1.82, 2.24) is 0 Å². The van der Waals surface area contributed by atoms with Crippen LogP contribution in [0.15, 0.2) is 18.2 Å². The summed E-state index contributed by atoms with van der Waals surface area (Å²) in [6.07, 6.45) is 0.567. The van der Waals surface area contributed by atoms with Gasteiger partial charge in [0.05, 0.1) is 6.61 Å². The van der Waals surface area contributed by atoms with Crippen LogP contribution in [0.2, 0.25) is 0 Å². The summed E-state index contributed by atoms with van der Waals surface area (Å²) in [7, 11) is 0. The number of hydrogen-bond donors (Lipinski definition) is 1. The maximum atomic E-state index is 13.1. The zero-order valence-electron chi connectivity index (χ0n) is 11.3. The number of thioether (sulfide) groups is 1. The fourth-order valence-electron chi connectivity index (χ4n) is 1.56. The number of carbonyl (C=O) groups excluding carboxylic acids is 1. The van der Waals surface area contributed by atoms with Crippen molar-refractivity contribution >= 4 is 17.7 Å². The topological polar surface area (TPSA) is 52.3 Å². The zero-order chi connectivity index (χ0) is 14.3. The Kier molecular flexibility index (Phi) is 6.87. The van der Waals surface area contributed by atoms with Gasteiger partial charge >= 0.3 is 5.97 Å². The van der Waals surface area contributed by atoms with E-state index in [1.54, 1.807) is 30.8 Å². The molecular formula is C14H20FNO2S. The Morgan fingerprint density at radius 1 is 1.53 bits per heavy atom. The molecule has 0 saturated carbocycles. The van der Waals surface area contributed by atoms with Crippen molar-refractivity contribution in [2.45, 2.75) is 32.1 Å². The van der Waals surface area contributed by atoms with Gasteiger partial charge in [0.25, 0.3) is 0 Å². The summed E-state index contributed by atoms with van der Waals surface area (Å²) in [5.41, 5.74) is 7.74. The fourth-order valence-corrected chi connectivity index (χ4v) is 2.65. The van der Waals surface area contributed by atoms with Gasteiger partial charge in [-0.2, -0.15) is 11.8 Å². The Labute approximate surface area is 117 Å². The van der Waals surface area contributed by atoms with E-state index in [2.05, 4.69) is 0 Å². The highest BCUT2D eigenvalue weighted by Crippen LogP contribution is 2.18. The molecule has 3 nitrogen and oxygen atoms in total. The Balaban J connectivity index is 2.31. The second-order valence-electron chi connectivity index (χ2n) is 4.27. The normalized spacial score (nSPS) is 12.2. The molecule has 1 atom stereocenters. The van der Waals surface area contributed by atoms with E-state index in [4.69, 9.17) is 10.5 Å². The smallest absolute Gasteiger partial charge is 0.322 e. The van der Waals surface area contributed by atoms with Gasteiger partial charge < -0.3 is 10.5 Å². The maximum absolute atomic E-state index is 13.1. The highest BCUT2D eigenvalue weighted by Gasteiger charge is 2.13. The van der Waals surface area contributed by atoms with Crippen molar-refractivity contribution < 1.29 is 13.9 Å². The van der Waals surface area contributed by atoms with Crippen molar-refractivity contribution in [2.75, 3.05) is 12.4 Å². The van der Waals surface area contributed by atoms with Gasteiger partial charge in [-0.1, -0.05) is 6.07 Å². The molecule has 1 rings (SSSR count). The van der Waals surface area contributed by atoms with E-state index >= 15 is 0 Å². The summed E-state index contributed by atoms with van der Waals surface area (Å²) in [5.74, 6) is 0.893. The molecule has 0 aliphatic heterocycles. The number of aryl methyl sites for hydroxylation is 1. The third kappa shape index (κ3) is 5.61. The molecule has 0 heterocycles. The first-order chi connectivity index (χ1) is 9.04. The van der Waals surface area contributed by atoms with Gasteiger partial charge in [0, 0.05) is 5.75 Å². The lowest BCUT2D eigenvalue weighted by Gasteiger charge is -2.10. The second kappa shape index (κ2) is 8.17. The van der Waals surface area contributed by atoms with Crippen LogP contribution in [0.5, 0.6) is 0 Å². The molecule has 0 aliphatic rings. The molecule has 0 bridgehead atoms. The van der Waals surface area contributed by atoms with E-state index in [0.717, 1.165) is 22.6 Å². The molecule has 0 saturated heterocycles. The molecule has 1 unspecified atom stereocenters. The average Bonchev–Trinajstić information content (AvgIpc) is 2.38. The van der Waals surface area contributed by atoms with Gasteiger partial charge in [-0.05, 0) is 49.3 Å². The van der Waals surface area contributed by atoms with Crippen molar-refractivity contribution in [3.8, 4) is 0 Å². The third-order valence-corrected chi connectivity index (χ3v) is 3.77. The van der Waals surface area contributed by atoms with E-state index < -0.39 is 6.04 Å². The predicted octanol–water partition coefficient (Wildman–Crippen LogP) is 2.65. The minimum atomic E-state index is -0.568. The molecule has 0 aromatic heterocycles. The number of rotatable bonds is 7. The Hall–Kier alpha value is -1.07. The predicted molar refractivity (Wildman–Crippen MR) is 76.5 cm³/mol. The first-order valence-electron chi connectivity index (χ1n) is 6.29. The number of esters is 1. The van der Waals surface area contributed by atoms with Crippen molar-refractivity contribution in [2.24, 2.45) is 5.73 Å². The van der Waals surface area contributed by atoms with E-state index in [0.29, 0.717) is 13.0 Å². The first kappa shape index (κ1) is 16.0. The van der Waals surface area contributed by atoms with Crippen molar-refractivity contribution in [3.05, 3.63) is 35.1 Å². The van der Waals surface area contributed by atoms with Crippen LogP contribution in [0.25, 0.3) is 0 Å². The molecule has 0 radical (unpaired) electrons. The van der Waals surface area contributed by atoms with Crippen LogP contribution in [0.3, 0.4) is 0 Å². The number of carbonyl (C=O) groups is 1. The molecule has 2 N–H and O–H groups in total. The highest BCUT2D eigenvalue weighted by atomic mass is 32.2. The largest absolute Gasteiger partial charge is 0.465 e. The number of nitrogens with two attached hydrogens (primary N) is 1. The van der Waals surface area contributed by atoms with Gasteiger partial charge in [0.2, 0.25) is 0 Å². The first-order valence-corrected chi connectivity index (χ1v) is 7.45. The summed E-state index contributed by atoms with van der Waals surface area (Å²) in [6, 6.07) is 4.21. The quantitative estimate of drug-likeness (QED) is 0.618. The van der Waals surface area contributed by atoms with Crippen molar-refractivity contribution in [3.63, 3.8) is 0 Å². The minimum Gasteiger partial charge on any atom is -0.465 e. The fraction of sp³-hybridized carbons (Fsp3) is 0.500. The molecule has 0 spiro atoms. The van der Waals surface area contributed by atoms with Crippen LogP contribution in [-0.2, 0) is 15.3 Å². The number of ether oxygens (including phenoxy) is 1. The second-order valence-corrected chi connectivity index (χ2v) is 5.38. The molecular weight excluding hydrogens is 265 g/mol. The highest BCUT2D eigenvalue weighted by molar-refractivity contribution is 7.98. The van der Waals surface area contributed by atoms with Crippen LogP contribution < -0.4 is 5.73 Å². The van der Waals surface area contributed by atoms with Crippen LogP contribution in [-0.4, -0.2) is 24.4 Å². The van der Waals surface area contributed by atoms with Gasteiger partial charge in [0.15, 0.2) is 0 Å². The van der Waals surface area contributed by atoms with Gasteiger partial charge in [0.1, 0.15) is 11.9 Å². The van der Waals surface area contributed by atoms with Crippen LogP contribution in [0, 0.1) is 12.7 Å². The zero-order valence-corrected chi connectivity index (χ0v) is 12.1. The van der Waals surface area contributed by atoms with E-state index in [1.807, 2.05) is 6.92 Å². The molecule has 5 heteroatoms. The maximum Gasteiger partial charge on any atom is 0.322 e. The lowest BCUT2D eigenvalue weighted by Crippen LogP contribution is -2.32. The van der Waals surface area contributed by atoms with Gasteiger partial charge in [-0.25, -0.2) is 4.39 Å². The minimum absolute atomic E-state index is 0.218. The van der Waals surface area contributed by atoms with Crippen molar-refractivity contribution in [1.29, 1.82) is 0 Å². The van der Waals surface area contributed by atoms with E-state index in [1.165, 1.54) is 6.07 Å².